The van der Waals surface area contributed by atoms with Crippen LogP contribution in [0.4, 0.5) is 5.69 Å². The molecule has 0 aliphatic heterocycles. The molecule has 0 bridgehead atoms. The van der Waals surface area contributed by atoms with Crippen LogP contribution in [-0.4, -0.2) is 37.1 Å². The lowest BCUT2D eigenvalue weighted by Crippen LogP contribution is -2.14. The first kappa shape index (κ1) is 20.1. The van der Waals surface area contributed by atoms with E-state index in [4.69, 9.17) is 9.47 Å². The van der Waals surface area contributed by atoms with E-state index in [1.165, 1.54) is 0 Å². The van der Waals surface area contributed by atoms with E-state index < -0.39 is 37.2 Å². The first-order valence-electron chi connectivity index (χ1n) is 6.98. The fourth-order valence-corrected chi connectivity index (χ4v) is 2.74. The lowest BCUT2D eigenvalue weighted by molar-refractivity contribution is -0.385. The topological polar surface area (TPSA) is 136 Å². The first-order valence-corrected chi connectivity index (χ1v) is 9.47. The number of hydrogen-bond acceptors (Lipinski definition) is 8. The van der Waals surface area contributed by atoms with E-state index in [0.29, 0.717) is 11.8 Å². The zero-order chi connectivity index (χ0) is 19.3. The van der Waals surface area contributed by atoms with Gasteiger partial charge in [-0.05, 0) is 59.0 Å². The minimum atomic E-state index is -4.88. The maximum Gasteiger partial charge on any atom is 0.345 e. The summed E-state index contributed by atoms with van der Waals surface area (Å²) in [5, 5.41) is 11.0. The van der Waals surface area contributed by atoms with Crippen LogP contribution in [0.2, 0.25) is 0 Å². The van der Waals surface area contributed by atoms with Gasteiger partial charge in [-0.25, -0.2) is 13.2 Å². The summed E-state index contributed by atoms with van der Waals surface area (Å²) in [7, 11) is -4.88. The number of benzene rings is 2. The Morgan fingerprint density at radius 1 is 1.12 bits per heavy atom. The molecule has 2 rings (SSSR count). The van der Waals surface area contributed by atoms with Gasteiger partial charge in [0.25, 0.3) is 5.69 Å². The van der Waals surface area contributed by atoms with Gasteiger partial charge in [-0.2, -0.15) is 0 Å². The van der Waals surface area contributed by atoms with Gasteiger partial charge in [0.2, 0.25) is 0 Å². The second-order valence-electron chi connectivity index (χ2n) is 4.83. The summed E-state index contributed by atoms with van der Waals surface area (Å²) < 4.78 is 44.1. The van der Waals surface area contributed by atoms with Crippen LogP contribution >= 0.6 is 22.6 Å². The average molecular weight is 492 g/mol. The van der Waals surface area contributed by atoms with E-state index in [1.54, 1.807) is 12.1 Å². The zero-order valence-corrected chi connectivity index (χ0v) is 15.9. The Morgan fingerprint density at radius 3 is 2.35 bits per heavy atom. The molecular formula is C15H11INO8S-. The van der Waals surface area contributed by atoms with Gasteiger partial charge >= 0.3 is 5.97 Å². The Balaban J connectivity index is 2.02. The number of carbonyl (C=O) groups excluding carboxylic acids is 1. The fourth-order valence-electron chi connectivity index (χ4n) is 1.89. The van der Waals surface area contributed by atoms with Crippen LogP contribution in [0.15, 0.2) is 47.4 Å². The number of nitro groups is 1. The third kappa shape index (κ3) is 5.37. The number of nitrogens with zero attached hydrogens (tertiary/aromatic N) is 1. The first-order chi connectivity index (χ1) is 12.2. The van der Waals surface area contributed by atoms with E-state index in [2.05, 4.69) is 22.6 Å². The van der Waals surface area contributed by atoms with E-state index in [9.17, 15) is 27.9 Å². The molecule has 0 saturated carbocycles. The van der Waals surface area contributed by atoms with Gasteiger partial charge in [-0.3, -0.25) is 10.1 Å². The molecule has 0 aliphatic rings. The number of hydrogen-bond donors (Lipinski definition) is 0. The largest absolute Gasteiger partial charge is 0.744 e. The molecule has 0 aromatic heterocycles. The molecule has 0 spiro atoms. The number of ether oxygens (including phenoxy) is 2. The summed E-state index contributed by atoms with van der Waals surface area (Å²) in [6, 6.07) is 9.33. The van der Waals surface area contributed by atoms with Crippen LogP contribution in [0.25, 0.3) is 0 Å². The van der Waals surface area contributed by atoms with Crippen molar-refractivity contribution in [2.45, 2.75) is 4.90 Å². The predicted octanol–water partition coefficient (Wildman–Crippen LogP) is 2.34. The number of esters is 1. The molecule has 0 radical (unpaired) electrons. The standard InChI is InChI=1S/C15H12INO8S/c16-10-1-3-11(4-2-10)24-7-8-25-15(18)13-6-5-12(26(21,22)23)9-14(13)17(19)20/h1-6,9H,7-8H2,(H,21,22,23)/p-1. The highest BCUT2D eigenvalue weighted by atomic mass is 127. The summed E-state index contributed by atoms with van der Waals surface area (Å²) >= 11 is 2.13. The van der Waals surface area contributed by atoms with Crippen molar-refractivity contribution in [1.29, 1.82) is 0 Å². The van der Waals surface area contributed by atoms with Crippen molar-refractivity contribution in [2.75, 3.05) is 13.2 Å². The second-order valence-corrected chi connectivity index (χ2v) is 7.45. The Hall–Kier alpha value is -2.25. The van der Waals surface area contributed by atoms with E-state index in [-0.39, 0.29) is 13.2 Å². The molecular weight excluding hydrogens is 481 g/mol. The summed E-state index contributed by atoms with van der Waals surface area (Å²) in [5.41, 5.74) is -1.29. The fraction of sp³-hybridized carbons (Fsp3) is 0.133. The molecule has 9 nitrogen and oxygen atoms in total. The maximum absolute atomic E-state index is 12.0. The van der Waals surface area contributed by atoms with Crippen LogP contribution in [0, 0.1) is 13.7 Å². The highest BCUT2D eigenvalue weighted by molar-refractivity contribution is 14.1. The quantitative estimate of drug-likeness (QED) is 0.144. The van der Waals surface area contributed by atoms with Crippen molar-refractivity contribution in [2.24, 2.45) is 0 Å². The minimum Gasteiger partial charge on any atom is -0.744 e. The summed E-state index contributed by atoms with van der Waals surface area (Å²) in [4.78, 5) is 21.2. The Kier molecular flexibility index (Phi) is 6.50. The van der Waals surface area contributed by atoms with Crippen LogP contribution in [-0.2, 0) is 14.9 Å². The third-order valence-corrected chi connectivity index (χ3v) is 4.62. The number of halogens is 1. The molecule has 0 amide bonds. The summed E-state index contributed by atoms with van der Waals surface area (Å²) in [5.74, 6) is -0.463. The van der Waals surface area contributed by atoms with Gasteiger partial charge in [0, 0.05) is 9.64 Å². The van der Waals surface area contributed by atoms with E-state index >= 15 is 0 Å². The number of nitro benzene ring substituents is 1. The molecule has 0 N–H and O–H groups in total. The monoisotopic (exact) mass is 492 g/mol. The zero-order valence-electron chi connectivity index (χ0n) is 13.0. The van der Waals surface area contributed by atoms with Crippen molar-refractivity contribution >= 4 is 44.4 Å². The highest BCUT2D eigenvalue weighted by Gasteiger charge is 2.23. The van der Waals surface area contributed by atoms with Crippen molar-refractivity contribution in [3.05, 3.63) is 61.7 Å². The van der Waals surface area contributed by atoms with E-state index in [1.807, 2.05) is 12.1 Å². The Bertz CT molecular complexity index is 927. The van der Waals surface area contributed by atoms with Crippen LogP contribution in [0.5, 0.6) is 5.75 Å². The molecule has 138 valence electrons. The molecule has 0 heterocycles. The van der Waals surface area contributed by atoms with Gasteiger partial charge < -0.3 is 14.0 Å². The lowest BCUT2D eigenvalue weighted by Gasteiger charge is -2.10. The summed E-state index contributed by atoms with van der Waals surface area (Å²) in [6.07, 6.45) is 0. The molecule has 0 unspecified atom stereocenters. The highest BCUT2D eigenvalue weighted by Crippen LogP contribution is 2.23. The third-order valence-electron chi connectivity index (χ3n) is 3.07. The van der Waals surface area contributed by atoms with Gasteiger partial charge in [0.05, 0.1) is 9.82 Å². The second kappa shape index (κ2) is 8.42. The van der Waals surface area contributed by atoms with Crippen LogP contribution < -0.4 is 4.74 Å². The van der Waals surface area contributed by atoms with Crippen LogP contribution in [0.3, 0.4) is 0 Å². The molecule has 26 heavy (non-hydrogen) atoms. The minimum absolute atomic E-state index is 0.0210. The Morgan fingerprint density at radius 2 is 1.77 bits per heavy atom. The predicted molar refractivity (Wildman–Crippen MR) is 96.0 cm³/mol. The number of rotatable bonds is 7. The van der Waals surface area contributed by atoms with Gasteiger partial charge in [-0.15, -0.1) is 0 Å². The van der Waals surface area contributed by atoms with Crippen molar-refractivity contribution in [3.63, 3.8) is 0 Å². The molecule has 2 aromatic carbocycles. The lowest BCUT2D eigenvalue weighted by atomic mass is 10.2. The Labute approximate surface area is 162 Å². The molecule has 0 atom stereocenters. The van der Waals surface area contributed by atoms with Crippen LogP contribution in [0.1, 0.15) is 10.4 Å². The SMILES string of the molecule is O=C(OCCOc1ccc(I)cc1)c1ccc(S(=O)(=O)[O-])cc1[N+](=O)[O-]. The average Bonchev–Trinajstić information content (AvgIpc) is 2.58. The molecule has 0 fully saturated rings. The van der Waals surface area contributed by atoms with Gasteiger partial charge in [0.1, 0.15) is 34.6 Å². The summed E-state index contributed by atoms with van der Waals surface area (Å²) in [6.45, 7) is -0.156. The molecule has 0 aliphatic carbocycles. The molecule has 11 heteroatoms. The van der Waals surface area contributed by atoms with Crippen molar-refractivity contribution in [3.8, 4) is 5.75 Å². The van der Waals surface area contributed by atoms with Crippen molar-refractivity contribution < 1.29 is 32.2 Å². The normalized spacial score (nSPS) is 11.0. The number of carbonyl (C=O) groups is 1. The molecule has 2 aromatic rings. The van der Waals surface area contributed by atoms with Gasteiger partial charge in [-0.1, -0.05) is 0 Å². The molecule has 0 saturated heterocycles. The van der Waals surface area contributed by atoms with Crippen molar-refractivity contribution in [1.82, 2.24) is 0 Å². The maximum atomic E-state index is 12.0. The van der Waals surface area contributed by atoms with Gasteiger partial charge in [0.15, 0.2) is 0 Å². The smallest absolute Gasteiger partial charge is 0.345 e. The van der Waals surface area contributed by atoms with E-state index in [0.717, 1.165) is 15.7 Å².